The number of benzene rings is 1. The highest BCUT2D eigenvalue weighted by atomic mass is 16.6. The third kappa shape index (κ3) is 3.91. The van der Waals surface area contributed by atoms with Crippen LogP contribution in [0, 0.1) is 10.1 Å². The van der Waals surface area contributed by atoms with Crippen molar-refractivity contribution in [2.45, 2.75) is 13.8 Å². The van der Waals surface area contributed by atoms with E-state index in [-0.39, 0.29) is 5.69 Å². The lowest BCUT2D eigenvalue weighted by atomic mass is 10.2. The average molecular weight is 272 g/mol. The zero-order valence-electron chi connectivity index (χ0n) is 11.4. The number of hydrogen-bond acceptors (Lipinski definition) is 4. The standard InChI is InChI=1S/C13H10N2O3.C2H6/c1-2-10-9-14-8-7-13(10)18-12-5-3-11(4-6-12)15(16)17;1-2/h2-9H,1H2;1-2H3. The summed E-state index contributed by atoms with van der Waals surface area (Å²) in [6, 6.07) is 7.59. The SMILES string of the molecule is C=Cc1cnccc1Oc1ccc([N+](=O)[O-])cc1.CC. The van der Waals surface area contributed by atoms with Gasteiger partial charge in [-0.3, -0.25) is 15.1 Å². The van der Waals surface area contributed by atoms with Gasteiger partial charge in [-0.15, -0.1) is 0 Å². The van der Waals surface area contributed by atoms with Crippen molar-refractivity contribution in [3.8, 4) is 11.5 Å². The summed E-state index contributed by atoms with van der Waals surface area (Å²) < 4.78 is 5.60. The van der Waals surface area contributed by atoms with Gasteiger partial charge < -0.3 is 4.74 Å². The number of hydrogen-bond donors (Lipinski definition) is 0. The molecule has 0 spiro atoms. The average Bonchev–Trinajstić information content (AvgIpc) is 2.50. The van der Waals surface area contributed by atoms with E-state index in [2.05, 4.69) is 11.6 Å². The van der Waals surface area contributed by atoms with Gasteiger partial charge >= 0.3 is 0 Å². The predicted molar refractivity (Wildman–Crippen MR) is 78.8 cm³/mol. The predicted octanol–water partition coefficient (Wildman–Crippen LogP) is 4.45. The molecule has 0 N–H and O–H groups in total. The van der Waals surface area contributed by atoms with Crippen LogP contribution in [0.3, 0.4) is 0 Å². The van der Waals surface area contributed by atoms with Crippen molar-refractivity contribution < 1.29 is 9.66 Å². The number of rotatable bonds is 4. The summed E-state index contributed by atoms with van der Waals surface area (Å²) in [6.45, 7) is 7.66. The maximum atomic E-state index is 10.5. The van der Waals surface area contributed by atoms with Gasteiger partial charge in [0, 0.05) is 30.1 Å². The summed E-state index contributed by atoms with van der Waals surface area (Å²) in [6.07, 6.45) is 4.87. The van der Waals surface area contributed by atoms with Crippen molar-refractivity contribution >= 4 is 11.8 Å². The highest BCUT2D eigenvalue weighted by molar-refractivity contribution is 5.55. The molecule has 20 heavy (non-hydrogen) atoms. The first kappa shape index (κ1) is 15.4. The molecule has 0 saturated carbocycles. The van der Waals surface area contributed by atoms with Gasteiger partial charge in [0.05, 0.1) is 4.92 Å². The zero-order valence-corrected chi connectivity index (χ0v) is 11.4. The Hall–Kier alpha value is -2.69. The molecular weight excluding hydrogens is 256 g/mol. The van der Waals surface area contributed by atoms with Crippen molar-refractivity contribution in [2.24, 2.45) is 0 Å². The van der Waals surface area contributed by atoms with E-state index in [1.54, 1.807) is 36.7 Å². The summed E-state index contributed by atoms with van der Waals surface area (Å²) in [5, 5.41) is 10.5. The van der Waals surface area contributed by atoms with Gasteiger partial charge in [0.1, 0.15) is 11.5 Å². The van der Waals surface area contributed by atoms with Crippen molar-refractivity contribution in [3.63, 3.8) is 0 Å². The number of non-ortho nitro benzene ring substituents is 1. The van der Waals surface area contributed by atoms with Crippen LogP contribution >= 0.6 is 0 Å². The van der Waals surface area contributed by atoms with Crippen molar-refractivity contribution in [3.05, 3.63) is 65.0 Å². The van der Waals surface area contributed by atoms with Gasteiger partial charge in [0.2, 0.25) is 0 Å². The molecule has 1 aromatic heterocycles. The topological polar surface area (TPSA) is 65.3 Å². The van der Waals surface area contributed by atoms with Crippen molar-refractivity contribution in [1.82, 2.24) is 4.98 Å². The molecule has 5 nitrogen and oxygen atoms in total. The van der Waals surface area contributed by atoms with Crippen LogP contribution in [0.1, 0.15) is 19.4 Å². The minimum absolute atomic E-state index is 0.0287. The maximum Gasteiger partial charge on any atom is 0.269 e. The van der Waals surface area contributed by atoms with Crippen LogP contribution in [0.5, 0.6) is 11.5 Å². The molecule has 0 aliphatic carbocycles. The molecule has 0 aliphatic heterocycles. The molecule has 0 amide bonds. The summed E-state index contributed by atoms with van der Waals surface area (Å²) in [4.78, 5) is 14.0. The highest BCUT2D eigenvalue weighted by Crippen LogP contribution is 2.26. The third-order valence-electron chi connectivity index (χ3n) is 2.31. The first-order valence-corrected chi connectivity index (χ1v) is 6.19. The van der Waals surface area contributed by atoms with Crippen molar-refractivity contribution in [1.29, 1.82) is 0 Å². The molecule has 2 aromatic rings. The Morgan fingerprint density at radius 1 is 1.25 bits per heavy atom. The van der Waals surface area contributed by atoms with Crippen molar-refractivity contribution in [2.75, 3.05) is 0 Å². The van der Waals surface area contributed by atoms with E-state index in [1.165, 1.54) is 12.1 Å². The van der Waals surface area contributed by atoms with E-state index < -0.39 is 4.92 Å². The highest BCUT2D eigenvalue weighted by Gasteiger charge is 2.06. The molecule has 0 aliphatic rings. The largest absolute Gasteiger partial charge is 0.457 e. The zero-order chi connectivity index (χ0) is 15.0. The monoisotopic (exact) mass is 272 g/mol. The van der Waals surface area contributed by atoms with E-state index in [1.807, 2.05) is 13.8 Å². The van der Waals surface area contributed by atoms with Gasteiger partial charge in [0.15, 0.2) is 0 Å². The number of ether oxygens (including phenoxy) is 1. The fourth-order valence-electron chi connectivity index (χ4n) is 1.40. The fourth-order valence-corrected chi connectivity index (χ4v) is 1.40. The van der Waals surface area contributed by atoms with Crippen LogP contribution in [-0.4, -0.2) is 9.91 Å². The molecule has 0 unspecified atom stereocenters. The Labute approximate surface area is 117 Å². The van der Waals surface area contributed by atoms with Gasteiger partial charge in [-0.1, -0.05) is 26.5 Å². The lowest BCUT2D eigenvalue weighted by Gasteiger charge is -2.07. The van der Waals surface area contributed by atoms with Crippen LogP contribution in [0.2, 0.25) is 0 Å². The van der Waals surface area contributed by atoms with Crippen LogP contribution < -0.4 is 4.74 Å². The quantitative estimate of drug-likeness (QED) is 0.609. The summed E-state index contributed by atoms with van der Waals surface area (Å²) >= 11 is 0. The Morgan fingerprint density at radius 3 is 2.45 bits per heavy atom. The van der Waals surface area contributed by atoms with E-state index in [0.717, 1.165) is 5.56 Å². The number of pyridine rings is 1. The molecular formula is C15H16N2O3. The maximum absolute atomic E-state index is 10.5. The fraction of sp³-hybridized carbons (Fsp3) is 0.133. The second-order valence-corrected chi connectivity index (χ2v) is 3.47. The molecule has 0 saturated heterocycles. The molecule has 5 heteroatoms. The van der Waals surface area contributed by atoms with E-state index in [0.29, 0.717) is 11.5 Å². The number of nitrogens with zero attached hydrogens (tertiary/aromatic N) is 2. The number of nitro benzene ring substituents is 1. The van der Waals surface area contributed by atoms with Crippen LogP contribution in [0.15, 0.2) is 49.3 Å². The minimum Gasteiger partial charge on any atom is -0.457 e. The summed E-state index contributed by atoms with van der Waals surface area (Å²) in [7, 11) is 0. The Bertz CT molecular complexity index is 580. The molecule has 2 rings (SSSR count). The molecule has 104 valence electrons. The molecule has 0 fully saturated rings. The van der Waals surface area contributed by atoms with E-state index >= 15 is 0 Å². The number of nitro groups is 1. The molecule has 0 radical (unpaired) electrons. The second-order valence-electron chi connectivity index (χ2n) is 3.47. The summed E-state index contributed by atoms with van der Waals surface area (Å²) in [5.74, 6) is 1.13. The van der Waals surface area contributed by atoms with Crippen LogP contribution in [0.25, 0.3) is 6.08 Å². The normalized spacial score (nSPS) is 9.10. The van der Waals surface area contributed by atoms with E-state index in [4.69, 9.17) is 4.74 Å². The number of aromatic nitrogens is 1. The van der Waals surface area contributed by atoms with Crippen LogP contribution in [0.4, 0.5) is 5.69 Å². The molecule has 0 atom stereocenters. The molecule has 1 aromatic carbocycles. The first-order valence-electron chi connectivity index (χ1n) is 6.19. The third-order valence-corrected chi connectivity index (χ3v) is 2.31. The summed E-state index contributed by atoms with van der Waals surface area (Å²) in [5.41, 5.74) is 0.789. The second kappa shape index (κ2) is 7.68. The Balaban J connectivity index is 0.000000956. The Morgan fingerprint density at radius 2 is 1.90 bits per heavy atom. The van der Waals surface area contributed by atoms with Gasteiger partial charge in [-0.2, -0.15) is 0 Å². The Kier molecular flexibility index (Phi) is 5.90. The van der Waals surface area contributed by atoms with Gasteiger partial charge in [0.25, 0.3) is 5.69 Å². The molecule has 0 bridgehead atoms. The lowest BCUT2D eigenvalue weighted by molar-refractivity contribution is -0.384. The van der Waals surface area contributed by atoms with Gasteiger partial charge in [-0.05, 0) is 18.2 Å². The molecule has 1 heterocycles. The van der Waals surface area contributed by atoms with Crippen LogP contribution in [-0.2, 0) is 0 Å². The first-order chi connectivity index (χ1) is 9.70. The van der Waals surface area contributed by atoms with E-state index in [9.17, 15) is 10.1 Å². The lowest BCUT2D eigenvalue weighted by Crippen LogP contribution is -1.90. The minimum atomic E-state index is -0.453. The van der Waals surface area contributed by atoms with Gasteiger partial charge in [-0.25, -0.2) is 0 Å². The smallest absolute Gasteiger partial charge is 0.269 e.